The van der Waals surface area contributed by atoms with Crippen molar-refractivity contribution >= 4 is 6.08 Å². The number of fused-ring (bicyclic) bond motifs is 1. The summed E-state index contributed by atoms with van der Waals surface area (Å²) in [5.74, 6) is 1.00. The first-order valence-electron chi connectivity index (χ1n) is 7.52. The topological polar surface area (TPSA) is 41.5 Å². The summed E-state index contributed by atoms with van der Waals surface area (Å²) in [6.07, 6.45) is 4.09. The molecule has 0 amide bonds. The number of hydrogen-bond acceptors (Lipinski definition) is 3. The van der Waals surface area contributed by atoms with Gasteiger partial charge in [-0.3, -0.25) is 0 Å². The zero-order chi connectivity index (χ0) is 15.6. The quantitative estimate of drug-likeness (QED) is 0.900. The van der Waals surface area contributed by atoms with E-state index in [0.717, 1.165) is 23.4 Å². The highest BCUT2D eigenvalue weighted by Gasteiger charge is 2.22. The summed E-state index contributed by atoms with van der Waals surface area (Å²) in [4.78, 5) is 0. The maximum absolute atomic E-state index is 10.2. The molecular formula is C19H21NO2. The number of hydrogen-bond donors (Lipinski definition) is 2. The highest BCUT2D eigenvalue weighted by molar-refractivity contribution is 5.64. The number of benzene rings is 2. The molecule has 0 unspecified atom stereocenters. The molecule has 0 atom stereocenters. The van der Waals surface area contributed by atoms with Crippen molar-refractivity contribution in [2.75, 3.05) is 0 Å². The lowest BCUT2D eigenvalue weighted by molar-refractivity contribution is 0.158. The summed E-state index contributed by atoms with van der Waals surface area (Å²) >= 11 is 0. The predicted molar refractivity (Wildman–Crippen MR) is 88.8 cm³/mol. The van der Waals surface area contributed by atoms with E-state index < -0.39 is 0 Å². The van der Waals surface area contributed by atoms with Crippen molar-refractivity contribution in [3.63, 3.8) is 0 Å². The monoisotopic (exact) mass is 295 g/mol. The molecule has 1 heterocycles. The summed E-state index contributed by atoms with van der Waals surface area (Å²) in [6, 6.07) is 13.9. The molecule has 0 aliphatic carbocycles. The van der Waals surface area contributed by atoms with Gasteiger partial charge >= 0.3 is 0 Å². The lowest BCUT2D eigenvalue weighted by Crippen LogP contribution is -2.27. The number of phenols is 1. The molecule has 22 heavy (non-hydrogen) atoms. The smallest absolute Gasteiger partial charge is 0.131 e. The van der Waals surface area contributed by atoms with E-state index >= 15 is 0 Å². The molecule has 0 saturated heterocycles. The van der Waals surface area contributed by atoms with Crippen LogP contribution in [0.2, 0.25) is 0 Å². The van der Waals surface area contributed by atoms with Crippen LogP contribution in [0.15, 0.2) is 48.5 Å². The second kappa shape index (κ2) is 5.85. The van der Waals surface area contributed by atoms with Gasteiger partial charge in [0, 0.05) is 30.3 Å². The third-order valence-corrected chi connectivity index (χ3v) is 3.74. The molecule has 2 aromatic rings. The molecule has 1 aliphatic heterocycles. The Morgan fingerprint density at radius 2 is 1.86 bits per heavy atom. The first kappa shape index (κ1) is 14.7. The zero-order valence-corrected chi connectivity index (χ0v) is 13.0. The van der Waals surface area contributed by atoms with E-state index in [-0.39, 0.29) is 11.4 Å². The summed E-state index contributed by atoms with van der Waals surface area (Å²) in [5.41, 5.74) is 2.79. The molecule has 3 nitrogen and oxygen atoms in total. The number of aromatic hydroxyl groups is 1. The van der Waals surface area contributed by atoms with Gasteiger partial charge in [-0.25, -0.2) is 0 Å². The van der Waals surface area contributed by atoms with E-state index in [1.165, 1.54) is 5.56 Å². The molecule has 1 aliphatic rings. The van der Waals surface area contributed by atoms with Crippen molar-refractivity contribution in [1.82, 2.24) is 5.32 Å². The van der Waals surface area contributed by atoms with Crippen molar-refractivity contribution in [3.8, 4) is 11.5 Å². The van der Waals surface area contributed by atoms with E-state index in [9.17, 15) is 5.11 Å². The Labute approximate surface area is 131 Å². The van der Waals surface area contributed by atoms with E-state index in [1.807, 2.05) is 44.2 Å². The van der Waals surface area contributed by atoms with Crippen LogP contribution in [0.25, 0.3) is 6.08 Å². The number of nitrogens with one attached hydrogen (secondary N) is 1. The van der Waals surface area contributed by atoms with E-state index in [1.54, 1.807) is 6.07 Å². The normalized spacial score (nSPS) is 15.2. The zero-order valence-electron chi connectivity index (χ0n) is 13.0. The molecule has 3 heteroatoms. The minimum absolute atomic E-state index is 0.269. The summed E-state index contributed by atoms with van der Waals surface area (Å²) in [5, 5.41) is 13.5. The molecule has 0 radical (unpaired) electrons. The minimum atomic E-state index is -0.327. The summed E-state index contributed by atoms with van der Waals surface area (Å²) in [7, 11) is 0. The fraction of sp³-hybridized carbons (Fsp3) is 0.263. The first-order chi connectivity index (χ1) is 10.5. The minimum Gasteiger partial charge on any atom is -0.507 e. The first-order valence-corrected chi connectivity index (χ1v) is 7.52. The molecule has 0 spiro atoms. The fourth-order valence-electron chi connectivity index (χ4n) is 2.54. The van der Waals surface area contributed by atoms with Gasteiger partial charge in [0.2, 0.25) is 0 Å². The maximum atomic E-state index is 10.2. The standard InChI is InChI=1S/C19H21NO2/c1-19(2)9-8-15-10-16(17(21)11-18(15)22-19)13-20-12-14-6-4-3-5-7-14/h3-11,20-21H,12-13H2,1-2H3. The Hall–Kier alpha value is -2.26. The number of phenolic OH excluding ortho intramolecular Hbond substituents is 1. The molecule has 0 bridgehead atoms. The highest BCUT2D eigenvalue weighted by Crippen LogP contribution is 2.35. The Balaban J connectivity index is 1.70. The highest BCUT2D eigenvalue weighted by atomic mass is 16.5. The van der Waals surface area contributed by atoms with E-state index in [0.29, 0.717) is 6.54 Å². The van der Waals surface area contributed by atoms with Crippen LogP contribution in [-0.2, 0) is 13.1 Å². The third-order valence-electron chi connectivity index (χ3n) is 3.74. The van der Waals surface area contributed by atoms with Crippen molar-refractivity contribution in [3.05, 3.63) is 65.2 Å². The molecule has 0 saturated carbocycles. The van der Waals surface area contributed by atoms with Crippen LogP contribution in [0.3, 0.4) is 0 Å². The van der Waals surface area contributed by atoms with Crippen LogP contribution in [0.4, 0.5) is 0 Å². The third kappa shape index (κ3) is 3.31. The Morgan fingerprint density at radius 3 is 2.64 bits per heavy atom. The second-order valence-electron chi connectivity index (χ2n) is 6.15. The lowest BCUT2D eigenvalue weighted by atomic mass is 10.00. The van der Waals surface area contributed by atoms with Gasteiger partial charge in [0.05, 0.1) is 0 Å². The van der Waals surface area contributed by atoms with E-state index in [4.69, 9.17) is 4.74 Å². The van der Waals surface area contributed by atoms with Gasteiger partial charge in [0.1, 0.15) is 17.1 Å². The Bertz CT molecular complexity index is 690. The van der Waals surface area contributed by atoms with Crippen LogP contribution in [0.5, 0.6) is 11.5 Å². The molecule has 2 N–H and O–H groups in total. The molecule has 3 rings (SSSR count). The molecule has 114 valence electrons. The van der Waals surface area contributed by atoms with Crippen LogP contribution in [-0.4, -0.2) is 10.7 Å². The van der Waals surface area contributed by atoms with Gasteiger partial charge < -0.3 is 15.2 Å². The van der Waals surface area contributed by atoms with Crippen LogP contribution in [0.1, 0.15) is 30.5 Å². The Kier molecular flexibility index (Phi) is 3.90. The van der Waals surface area contributed by atoms with Gasteiger partial charge in [0.15, 0.2) is 0 Å². The van der Waals surface area contributed by atoms with Crippen LogP contribution < -0.4 is 10.1 Å². The van der Waals surface area contributed by atoms with Gasteiger partial charge in [-0.05, 0) is 31.6 Å². The summed E-state index contributed by atoms with van der Waals surface area (Å²) < 4.78 is 5.86. The molecule has 2 aromatic carbocycles. The lowest BCUT2D eigenvalue weighted by Gasteiger charge is -2.28. The fourth-order valence-corrected chi connectivity index (χ4v) is 2.54. The van der Waals surface area contributed by atoms with Crippen molar-refractivity contribution in [2.45, 2.75) is 32.5 Å². The second-order valence-corrected chi connectivity index (χ2v) is 6.15. The molecule has 0 fully saturated rings. The average Bonchev–Trinajstić information content (AvgIpc) is 2.48. The van der Waals surface area contributed by atoms with E-state index in [2.05, 4.69) is 23.5 Å². The predicted octanol–water partition coefficient (Wildman–Crippen LogP) is 3.87. The van der Waals surface area contributed by atoms with Crippen LogP contribution in [0, 0.1) is 0 Å². The number of rotatable bonds is 4. The maximum Gasteiger partial charge on any atom is 0.131 e. The Morgan fingerprint density at radius 1 is 1.09 bits per heavy atom. The van der Waals surface area contributed by atoms with Crippen LogP contribution >= 0.6 is 0 Å². The number of ether oxygens (including phenoxy) is 1. The summed E-state index contributed by atoms with van der Waals surface area (Å²) in [6.45, 7) is 5.39. The van der Waals surface area contributed by atoms with Gasteiger partial charge in [-0.2, -0.15) is 0 Å². The average molecular weight is 295 g/mol. The van der Waals surface area contributed by atoms with Crippen molar-refractivity contribution in [2.24, 2.45) is 0 Å². The van der Waals surface area contributed by atoms with Gasteiger partial charge in [-0.1, -0.05) is 36.4 Å². The van der Waals surface area contributed by atoms with Gasteiger partial charge in [0.25, 0.3) is 0 Å². The van der Waals surface area contributed by atoms with Crippen molar-refractivity contribution < 1.29 is 9.84 Å². The molecule has 0 aromatic heterocycles. The SMILES string of the molecule is CC1(C)C=Cc2cc(CNCc3ccccc3)c(O)cc2O1. The largest absolute Gasteiger partial charge is 0.507 e. The molecular weight excluding hydrogens is 274 g/mol. The van der Waals surface area contributed by atoms with Gasteiger partial charge in [-0.15, -0.1) is 0 Å². The van der Waals surface area contributed by atoms with Crippen molar-refractivity contribution in [1.29, 1.82) is 0 Å².